The molecule has 7 saturated heterocycles. The summed E-state index contributed by atoms with van der Waals surface area (Å²) in [5.41, 5.74) is 13.5. The molecular weight excluding hydrogens is 632 g/mol. The SMILES string of the molecule is [B]1B2B3[B-]P123NP12(c3cccc4c3c3cccc5c3n4-c3cccc4c3B5c3ccccc3C4(c3ccccc3)c3ccccc3)B3[B-]B1B32. The van der Waals surface area contributed by atoms with Crippen LogP contribution in [0.4, 0.5) is 0 Å². The number of hydrogen-bond donors (Lipinski definition) is 1. The predicted octanol–water partition coefficient (Wildman–Crippen LogP) is 3.66. The monoisotopic (exact) mass is 657 g/mol. The molecular formula is C37H24B9N2P2-2. The van der Waals surface area contributed by atoms with Gasteiger partial charge in [0, 0.05) is 0 Å². The second kappa shape index (κ2) is 7.52. The third kappa shape index (κ3) is 2.30. The number of para-hydroxylation sites is 1. The quantitative estimate of drug-likeness (QED) is 0.221. The molecule has 1 spiro atoms. The van der Waals surface area contributed by atoms with Crippen LogP contribution in [0.3, 0.4) is 0 Å². The average Bonchev–Trinajstić information content (AvgIpc) is 4.12. The Balaban J connectivity index is 1.08. The second-order valence-corrected chi connectivity index (χ2v) is 27.1. The summed E-state index contributed by atoms with van der Waals surface area (Å²) < 4.78 is 2.70. The summed E-state index contributed by atoms with van der Waals surface area (Å²) in [4.78, 5) is 4.75. The van der Waals surface area contributed by atoms with Crippen LogP contribution in [0.25, 0.3) is 27.5 Å². The molecule has 6 aromatic carbocycles. The molecule has 2 bridgehead atoms. The van der Waals surface area contributed by atoms with Crippen LogP contribution in [0, 0.1) is 0 Å². The summed E-state index contributed by atoms with van der Waals surface area (Å²) in [7, 11) is 2.72. The zero-order valence-corrected chi connectivity index (χ0v) is 29.1. The summed E-state index contributed by atoms with van der Waals surface area (Å²) >= 11 is 0. The molecule has 10 heterocycles. The molecule has 7 aromatic rings. The molecule has 13 heteroatoms. The zero-order chi connectivity index (χ0) is 32.0. The van der Waals surface area contributed by atoms with Crippen molar-refractivity contribution in [1.29, 1.82) is 0 Å². The van der Waals surface area contributed by atoms with Gasteiger partial charge in [0.15, 0.2) is 0 Å². The van der Waals surface area contributed by atoms with E-state index in [2.05, 4.69) is 165 Å². The Bertz CT molecular complexity index is 2770. The molecule has 0 saturated carbocycles. The van der Waals surface area contributed by atoms with E-state index in [-0.39, 0.29) is 6.71 Å². The summed E-state index contributed by atoms with van der Waals surface area (Å²) in [6, 6.07) is 53.9. The van der Waals surface area contributed by atoms with Crippen LogP contribution in [0.1, 0.15) is 22.3 Å². The number of nitrogens with zero attached hydrogens (tertiary/aromatic N) is 1. The van der Waals surface area contributed by atoms with Gasteiger partial charge in [-0.2, -0.15) is 0 Å². The van der Waals surface area contributed by atoms with Crippen molar-refractivity contribution >= 4 is 115 Å². The van der Waals surface area contributed by atoms with E-state index in [0.29, 0.717) is 0 Å². The third-order valence-corrected chi connectivity index (χ3v) is 29.9. The van der Waals surface area contributed by atoms with E-state index in [0.717, 1.165) is 31.1 Å². The normalized spacial score (nSPS) is 24.5. The van der Waals surface area contributed by atoms with Gasteiger partial charge in [0.1, 0.15) is 0 Å². The molecule has 50 heavy (non-hydrogen) atoms. The maximum absolute atomic E-state index is 4.75. The van der Waals surface area contributed by atoms with Crippen LogP contribution >= 0.6 is 12.7 Å². The van der Waals surface area contributed by atoms with Gasteiger partial charge in [0.05, 0.1) is 0 Å². The van der Waals surface area contributed by atoms with E-state index in [1.807, 2.05) is 0 Å². The molecule has 16 rings (SSSR count). The topological polar surface area (TPSA) is 17.0 Å². The summed E-state index contributed by atoms with van der Waals surface area (Å²) in [6.45, 7) is 5.70. The van der Waals surface area contributed by atoms with Gasteiger partial charge in [-0.3, -0.25) is 0 Å². The van der Waals surface area contributed by atoms with Crippen molar-refractivity contribution in [2.75, 3.05) is 0 Å². The maximum atomic E-state index is 4.75. The molecule has 5 radical (unpaired) electrons. The molecule has 0 amide bonds. The summed E-state index contributed by atoms with van der Waals surface area (Å²) in [6.07, 6.45) is 0.701. The van der Waals surface area contributed by atoms with Crippen LogP contribution in [-0.4, -0.2) is 63.2 Å². The number of hydrogen-bond acceptors (Lipinski definition) is 1. The van der Waals surface area contributed by atoms with Crippen molar-refractivity contribution in [3.63, 3.8) is 0 Å². The molecule has 2 nitrogen and oxygen atoms in total. The van der Waals surface area contributed by atoms with Crippen molar-refractivity contribution in [1.82, 2.24) is 9.42 Å². The molecule has 1 aromatic heterocycles. The predicted molar refractivity (Wildman–Crippen MR) is 226 cm³/mol. The van der Waals surface area contributed by atoms with Crippen LogP contribution in [-0.2, 0) is 5.41 Å². The third-order valence-electron chi connectivity index (χ3n) is 15.5. The van der Waals surface area contributed by atoms with Crippen molar-refractivity contribution < 1.29 is 0 Å². The Morgan fingerprint density at radius 1 is 0.660 bits per heavy atom. The molecule has 0 atom stereocenters. The van der Waals surface area contributed by atoms with Gasteiger partial charge in [-0.15, -0.1) is 0 Å². The van der Waals surface area contributed by atoms with Crippen molar-refractivity contribution in [2.45, 2.75) is 5.41 Å². The van der Waals surface area contributed by atoms with Gasteiger partial charge in [-0.05, 0) is 0 Å². The number of benzene rings is 6. The van der Waals surface area contributed by atoms with Gasteiger partial charge in [0.25, 0.3) is 0 Å². The van der Waals surface area contributed by atoms with Crippen molar-refractivity contribution in [3.05, 3.63) is 162 Å². The molecule has 9 aliphatic rings. The average molecular weight is 656 g/mol. The molecule has 7 fully saturated rings. The Morgan fingerprint density at radius 3 is 2.00 bits per heavy atom. The standard InChI is InChI=1S/C37H24B9N2P2/c1-3-12-24(13-4-1)37(25-14-5-2-6-15-25)27-17-7-8-19-29(27)41-30-20-9-16-26-34-31(48(36(26)30)32-22-10-18-28(37)35(32)41)21-11-23-33(34)49(42-38-43(49)46(42)49)47-50-39-44(50)45(50)40-50/h1-23,47H/q-2. The number of rotatable bonds is 5. The second-order valence-electron chi connectivity index (χ2n) is 16.8. The van der Waals surface area contributed by atoms with Crippen molar-refractivity contribution in [2.24, 2.45) is 0 Å². The van der Waals surface area contributed by atoms with E-state index in [1.54, 1.807) is 10.7 Å². The van der Waals surface area contributed by atoms with Crippen LogP contribution in [0.2, 0.25) is 0 Å². The Kier molecular flexibility index (Phi) is 3.96. The molecule has 1 N–H and O–H groups in total. The van der Waals surface area contributed by atoms with E-state index in [1.165, 1.54) is 60.7 Å². The number of nitrogens with one attached hydrogen (secondary N) is 1. The Labute approximate surface area is 295 Å². The number of fused-ring (bicyclic) bond motifs is 8. The molecule has 221 valence electrons. The molecule has 0 aliphatic carbocycles. The minimum absolute atomic E-state index is 0.167. The molecule has 9 aliphatic heterocycles. The number of aromatic nitrogens is 1. The van der Waals surface area contributed by atoms with Gasteiger partial charge < -0.3 is 0 Å². The zero-order valence-electron chi connectivity index (χ0n) is 27.3. The van der Waals surface area contributed by atoms with Gasteiger partial charge >= 0.3 is 297 Å². The van der Waals surface area contributed by atoms with E-state index in [4.69, 9.17) is 4.86 Å². The van der Waals surface area contributed by atoms with Gasteiger partial charge in [-0.25, -0.2) is 0 Å². The van der Waals surface area contributed by atoms with Crippen LogP contribution in [0.15, 0.2) is 140 Å². The fourth-order valence-corrected chi connectivity index (χ4v) is 32.5. The first-order valence-electron chi connectivity index (χ1n) is 18.5. The van der Waals surface area contributed by atoms with E-state index >= 15 is 0 Å². The molecule has 0 unspecified atom stereocenters. The minimum atomic E-state index is -2.13. The van der Waals surface area contributed by atoms with E-state index < -0.39 is 18.1 Å². The van der Waals surface area contributed by atoms with E-state index in [9.17, 15) is 0 Å². The summed E-state index contributed by atoms with van der Waals surface area (Å²) in [5, 5.41) is 4.74. The first-order valence-corrected chi connectivity index (χ1v) is 23.4. The summed E-state index contributed by atoms with van der Waals surface area (Å²) in [5.74, 6) is 0. The van der Waals surface area contributed by atoms with Crippen molar-refractivity contribution in [3.8, 4) is 5.69 Å². The fraction of sp³-hybridized carbons (Fsp3) is 0.0270. The first kappa shape index (κ1) is 26.3. The van der Waals surface area contributed by atoms with Gasteiger partial charge in [0.2, 0.25) is 0 Å². The van der Waals surface area contributed by atoms with Gasteiger partial charge in [-0.1, -0.05) is 0 Å². The Morgan fingerprint density at radius 2 is 1.32 bits per heavy atom. The fourth-order valence-electron chi connectivity index (χ4n) is 13.0. The van der Waals surface area contributed by atoms with Crippen LogP contribution in [0.5, 0.6) is 0 Å². The first-order chi connectivity index (χ1) is 24.7. The van der Waals surface area contributed by atoms with Crippen LogP contribution < -0.4 is 26.6 Å². The Hall–Kier alpha value is -3.48.